The van der Waals surface area contributed by atoms with E-state index in [0.29, 0.717) is 12.8 Å². The summed E-state index contributed by atoms with van der Waals surface area (Å²) in [5.74, 6) is -0.597. The van der Waals surface area contributed by atoms with E-state index in [9.17, 15) is 13.2 Å². The molecule has 0 bridgehead atoms. The van der Waals surface area contributed by atoms with Crippen molar-refractivity contribution < 1.29 is 13.2 Å². The number of nitrogens with one attached hydrogen (secondary N) is 1. The molecule has 0 aliphatic heterocycles. The number of hydrogen-bond donors (Lipinski definition) is 1. The first-order valence-corrected chi connectivity index (χ1v) is 6.69. The number of rotatable bonds is 3. The fourth-order valence-electron chi connectivity index (χ4n) is 1.68. The maximum Gasteiger partial charge on any atom is 0.259 e. The third kappa shape index (κ3) is 3.34. The predicted molar refractivity (Wildman–Crippen MR) is 58.7 cm³/mol. The lowest BCUT2D eigenvalue weighted by Crippen LogP contribution is -2.39. The highest BCUT2D eigenvalue weighted by Gasteiger charge is 2.28. The molecule has 1 N–H and O–H groups in total. The SMILES string of the molecule is C=C(C)C(=O)NS(=O)(=O)C1CCCCC1. The Labute approximate surface area is 90.8 Å². The summed E-state index contributed by atoms with van der Waals surface area (Å²) in [6.07, 6.45) is 4.23. The van der Waals surface area contributed by atoms with E-state index in [0.717, 1.165) is 19.3 Å². The molecule has 0 heterocycles. The molecule has 1 aliphatic rings. The summed E-state index contributed by atoms with van der Waals surface area (Å²) in [6, 6.07) is 0. The molecular weight excluding hydrogens is 214 g/mol. The van der Waals surface area contributed by atoms with Gasteiger partial charge in [0.05, 0.1) is 5.25 Å². The minimum Gasteiger partial charge on any atom is -0.269 e. The summed E-state index contributed by atoms with van der Waals surface area (Å²) in [6.45, 7) is 4.90. The van der Waals surface area contributed by atoms with Gasteiger partial charge in [-0.2, -0.15) is 0 Å². The molecule has 1 amide bonds. The first-order valence-electron chi connectivity index (χ1n) is 5.15. The molecule has 0 spiro atoms. The second-order valence-corrected chi connectivity index (χ2v) is 5.98. The van der Waals surface area contributed by atoms with Gasteiger partial charge in [-0.05, 0) is 19.8 Å². The third-order valence-electron chi connectivity index (χ3n) is 2.61. The van der Waals surface area contributed by atoms with Crippen molar-refractivity contribution in [2.45, 2.75) is 44.3 Å². The molecule has 0 unspecified atom stereocenters. The molecule has 0 aromatic heterocycles. The van der Waals surface area contributed by atoms with E-state index in [-0.39, 0.29) is 5.57 Å². The molecule has 1 saturated carbocycles. The van der Waals surface area contributed by atoms with Crippen molar-refractivity contribution in [1.29, 1.82) is 0 Å². The van der Waals surface area contributed by atoms with Gasteiger partial charge in [0.2, 0.25) is 10.0 Å². The van der Waals surface area contributed by atoms with Gasteiger partial charge in [-0.25, -0.2) is 13.1 Å². The molecule has 0 radical (unpaired) electrons. The van der Waals surface area contributed by atoms with Crippen molar-refractivity contribution in [3.63, 3.8) is 0 Å². The van der Waals surface area contributed by atoms with E-state index in [1.54, 1.807) is 0 Å². The molecular formula is C10H17NO3S. The smallest absolute Gasteiger partial charge is 0.259 e. The quantitative estimate of drug-likeness (QED) is 0.745. The van der Waals surface area contributed by atoms with E-state index >= 15 is 0 Å². The maximum atomic E-state index is 11.7. The van der Waals surface area contributed by atoms with Crippen LogP contribution in [0.5, 0.6) is 0 Å². The molecule has 0 aromatic carbocycles. The lowest BCUT2D eigenvalue weighted by molar-refractivity contribution is -0.115. The Bertz CT molecular complexity index is 353. The van der Waals surface area contributed by atoms with Crippen LogP contribution in [0.1, 0.15) is 39.0 Å². The molecule has 5 heteroatoms. The minimum atomic E-state index is -3.49. The van der Waals surface area contributed by atoms with Crippen LogP contribution in [0.4, 0.5) is 0 Å². The second kappa shape index (κ2) is 4.79. The Hall–Kier alpha value is -0.840. The van der Waals surface area contributed by atoms with Gasteiger partial charge in [-0.3, -0.25) is 4.79 Å². The predicted octanol–water partition coefficient (Wildman–Crippen LogP) is 1.34. The van der Waals surface area contributed by atoms with E-state index in [1.165, 1.54) is 6.92 Å². The van der Waals surface area contributed by atoms with Crippen LogP contribution in [0, 0.1) is 0 Å². The first-order chi connectivity index (χ1) is 6.93. The van der Waals surface area contributed by atoms with Gasteiger partial charge >= 0.3 is 0 Å². The standard InChI is InChI=1S/C10H17NO3S/c1-8(2)10(12)11-15(13,14)9-6-4-3-5-7-9/h9H,1,3-7H2,2H3,(H,11,12). The minimum absolute atomic E-state index is 0.217. The van der Waals surface area contributed by atoms with Gasteiger partial charge in [-0.1, -0.05) is 25.8 Å². The fraction of sp³-hybridized carbons (Fsp3) is 0.700. The average Bonchev–Trinajstić information content (AvgIpc) is 2.18. The Morgan fingerprint density at radius 3 is 2.27 bits per heavy atom. The van der Waals surface area contributed by atoms with Crippen molar-refractivity contribution in [2.24, 2.45) is 0 Å². The number of sulfonamides is 1. The van der Waals surface area contributed by atoms with Crippen LogP contribution in [-0.4, -0.2) is 19.6 Å². The molecule has 0 aromatic rings. The van der Waals surface area contributed by atoms with Gasteiger partial charge in [0, 0.05) is 5.57 Å². The topological polar surface area (TPSA) is 63.2 Å². The summed E-state index contributed by atoms with van der Waals surface area (Å²) < 4.78 is 25.5. The van der Waals surface area contributed by atoms with E-state index < -0.39 is 21.2 Å². The van der Waals surface area contributed by atoms with Gasteiger partial charge in [0.15, 0.2) is 0 Å². The zero-order chi connectivity index (χ0) is 11.5. The van der Waals surface area contributed by atoms with Crippen molar-refractivity contribution in [2.75, 3.05) is 0 Å². The average molecular weight is 231 g/mol. The highest BCUT2D eigenvalue weighted by molar-refractivity contribution is 7.90. The summed E-state index contributed by atoms with van der Waals surface area (Å²) >= 11 is 0. The Morgan fingerprint density at radius 1 is 1.27 bits per heavy atom. The summed E-state index contributed by atoms with van der Waals surface area (Å²) in [5, 5.41) is -0.408. The van der Waals surface area contributed by atoms with Crippen LogP contribution >= 0.6 is 0 Å². The largest absolute Gasteiger partial charge is 0.269 e. The Balaban J connectivity index is 2.65. The molecule has 15 heavy (non-hydrogen) atoms. The Kier molecular flexibility index (Phi) is 3.90. The van der Waals surface area contributed by atoms with Crippen LogP contribution in [0.2, 0.25) is 0 Å². The zero-order valence-electron chi connectivity index (χ0n) is 8.95. The number of hydrogen-bond acceptors (Lipinski definition) is 3. The van der Waals surface area contributed by atoms with E-state index in [1.807, 2.05) is 0 Å². The van der Waals surface area contributed by atoms with Crippen LogP contribution < -0.4 is 4.72 Å². The normalized spacial score (nSPS) is 18.5. The lowest BCUT2D eigenvalue weighted by Gasteiger charge is -2.21. The molecule has 86 valence electrons. The van der Waals surface area contributed by atoms with Crippen molar-refractivity contribution in [3.05, 3.63) is 12.2 Å². The van der Waals surface area contributed by atoms with Crippen LogP contribution in [0.3, 0.4) is 0 Å². The number of amides is 1. The molecule has 1 aliphatic carbocycles. The Morgan fingerprint density at radius 2 is 1.80 bits per heavy atom. The molecule has 0 atom stereocenters. The summed E-state index contributed by atoms with van der Waals surface area (Å²) in [7, 11) is -3.49. The zero-order valence-corrected chi connectivity index (χ0v) is 9.77. The molecule has 1 fully saturated rings. The summed E-state index contributed by atoms with van der Waals surface area (Å²) in [4.78, 5) is 11.2. The number of carbonyl (C=O) groups excluding carboxylic acids is 1. The van der Waals surface area contributed by atoms with E-state index in [4.69, 9.17) is 0 Å². The maximum absolute atomic E-state index is 11.7. The van der Waals surface area contributed by atoms with Gasteiger partial charge in [0.25, 0.3) is 5.91 Å². The summed E-state index contributed by atoms with van der Waals surface area (Å²) in [5.41, 5.74) is 0.217. The van der Waals surface area contributed by atoms with Crippen LogP contribution in [0.15, 0.2) is 12.2 Å². The fourth-order valence-corrected chi connectivity index (χ4v) is 3.23. The van der Waals surface area contributed by atoms with Crippen LogP contribution in [-0.2, 0) is 14.8 Å². The highest BCUT2D eigenvalue weighted by atomic mass is 32.2. The second-order valence-electron chi connectivity index (χ2n) is 4.02. The highest BCUT2D eigenvalue weighted by Crippen LogP contribution is 2.23. The first kappa shape index (κ1) is 12.2. The third-order valence-corrected chi connectivity index (χ3v) is 4.43. The molecule has 0 saturated heterocycles. The number of carbonyl (C=O) groups is 1. The monoisotopic (exact) mass is 231 g/mol. The lowest BCUT2D eigenvalue weighted by atomic mass is 10.0. The molecule has 4 nitrogen and oxygen atoms in total. The van der Waals surface area contributed by atoms with Gasteiger partial charge in [-0.15, -0.1) is 0 Å². The van der Waals surface area contributed by atoms with Crippen molar-refractivity contribution in [3.8, 4) is 0 Å². The van der Waals surface area contributed by atoms with Gasteiger partial charge in [0.1, 0.15) is 0 Å². The molecule has 1 rings (SSSR count). The van der Waals surface area contributed by atoms with E-state index in [2.05, 4.69) is 11.3 Å². The van der Waals surface area contributed by atoms with Crippen molar-refractivity contribution in [1.82, 2.24) is 4.72 Å². The van der Waals surface area contributed by atoms with Gasteiger partial charge < -0.3 is 0 Å². The van der Waals surface area contributed by atoms with Crippen LogP contribution in [0.25, 0.3) is 0 Å². The van der Waals surface area contributed by atoms with Crippen molar-refractivity contribution >= 4 is 15.9 Å².